The second kappa shape index (κ2) is 10.3. The summed E-state index contributed by atoms with van der Waals surface area (Å²) in [7, 11) is 4.28. The Morgan fingerprint density at radius 2 is 1.44 bits per heavy atom. The summed E-state index contributed by atoms with van der Waals surface area (Å²) >= 11 is 0. The van der Waals surface area contributed by atoms with E-state index in [2.05, 4.69) is 154 Å². The lowest BCUT2D eigenvalue weighted by Gasteiger charge is -2.47. The molecule has 210 valence electrons. The summed E-state index contributed by atoms with van der Waals surface area (Å²) in [6.07, 6.45) is 4.19. The Morgan fingerprint density at radius 1 is 0.707 bits per heavy atom. The summed E-state index contributed by atoms with van der Waals surface area (Å²) in [5.74, 6) is 1.65. The van der Waals surface area contributed by atoms with Crippen LogP contribution in [0.1, 0.15) is 36.1 Å². The van der Waals surface area contributed by atoms with Gasteiger partial charge in [0.15, 0.2) is 0 Å². The third-order valence-corrected chi connectivity index (χ3v) is 8.59. The Balaban J connectivity index is 1.46. The third kappa shape index (κ3) is 5.07. The molecule has 0 saturated carbocycles. The zero-order chi connectivity index (χ0) is 28.9. The van der Waals surface area contributed by atoms with Crippen molar-refractivity contribution in [3.63, 3.8) is 0 Å². The van der Waals surface area contributed by atoms with E-state index >= 15 is 0 Å². The highest BCUT2D eigenvalue weighted by Gasteiger charge is 2.36. The number of para-hydroxylation sites is 1. The van der Waals surface area contributed by atoms with Gasteiger partial charge < -0.3 is 19.4 Å². The lowest BCUT2D eigenvalue weighted by atomic mass is 9.88. The molecule has 6 rings (SSSR count). The van der Waals surface area contributed by atoms with Gasteiger partial charge in [-0.25, -0.2) is 0 Å². The molecule has 2 aliphatic heterocycles. The van der Waals surface area contributed by atoms with Gasteiger partial charge in [-0.1, -0.05) is 42.0 Å². The minimum atomic E-state index is -0.0628. The molecule has 0 spiro atoms. The summed E-state index contributed by atoms with van der Waals surface area (Å²) in [6, 6.07) is 28.3. The van der Waals surface area contributed by atoms with Gasteiger partial charge in [-0.05, 0) is 99.8 Å². The lowest BCUT2D eigenvalue weighted by molar-refractivity contribution is 0.150. The van der Waals surface area contributed by atoms with Crippen LogP contribution in [-0.2, 0) is 5.54 Å². The van der Waals surface area contributed by atoms with Gasteiger partial charge in [-0.2, -0.15) is 0 Å². The van der Waals surface area contributed by atoms with Crippen LogP contribution in [0.3, 0.4) is 0 Å². The van der Waals surface area contributed by atoms with Crippen molar-refractivity contribution in [1.29, 1.82) is 0 Å². The number of rotatable bonds is 5. The number of benzene rings is 4. The van der Waals surface area contributed by atoms with Crippen LogP contribution in [0.5, 0.6) is 11.5 Å². The fourth-order valence-corrected chi connectivity index (χ4v) is 6.25. The molecule has 2 heterocycles. The molecule has 0 N–H and O–H groups in total. The van der Waals surface area contributed by atoms with Crippen LogP contribution in [-0.4, -0.2) is 37.2 Å². The molecular weight excluding hydrogens is 504 g/mol. The predicted molar refractivity (Wildman–Crippen MR) is 171 cm³/mol. The molecule has 0 saturated heterocycles. The molecule has 5 heteroatoms. The van der Waals surface area contributed by atoms with Gasteiger partial charge in [-0.15, -0.1) is 0 Å². The lowest BCUT2D eigenvalue weighted by Crippen LogP contribution is -2.49. The molecule has 0 fully saturated rings. The predicted octanol–water partition coefficient (Wildman–Crippen LogP) is 8.53. The minimum absolute atomic E-state index is 0.0628. The number of hydrogen-bond acceptors (Lipinski definition) is 5. The topological polar surface area (TPSA) is 22.2 Å². The zero-order valence-corrected chi connectivity index (χ0v) is 25.3. The molecule has 2 aliphatic rings. The van der Waals surface area contributed by atoms with Crippen molar-refractivity contribution < 1.29 is 4.74 Å². The van der Waals surface area contributed by atoms with Gasteiger partial charge >= 0.3 is 0 Å². The molecule has 0 unspecified atom stereocenters. The zero-order valence-electron chi connectivity index (χ0n) is 25.3. The van der Waals surface area contributed by atoms with E-state index in [9.17, 15) is 0 Å². The minimum Gasteiger partial charge on any atom is -0.457 e. The van der Waals surface area contributed by atoms with Gasteiger partial charge in [0.05, 0.1) is 13.3 Å². The van der Waals surface area contributed by atoms with E-state index in [1.807, 2.05) is 6.07 Å². The molecule has 0 amide bonds. The van der Waals surface area contributed by atoms with Gasteiger partial charge in [0.2, 0.25) is 0 Å². The first-order chi connectivity index (χ1) is 19.6. The maximum absolute atomic E-state index is 6.65. The Kier molecular flexibility index (Phi) is 6.79. The van der Waals surface area contributed by atoms with Gasteiger partial charge in [-0.3, -0.25) is 4.90 Å². The highest BCUT2D eigenvalue weighted by atomic mass is 16.5. The van der Waals surface area contributed by atoms with Crippen LogP contribution in [0, 0.1) is 20.8 Å². The molecule has 4 aromatic rings. The fourth-order valence-electron chi connectivity index (χ4n) is 6.25. The molecule has 41 heavy (non-hydrogen) atoms. The van der Waals surface area contributed by atoms with Crippen molar-refractivity contribution in [2.24, 2.45) is 0 Å². The Bertz CT molecular complexity index is 1620. The normalized spacial score (nSPS) is 16.3. The summed E-state index contributed by atoms with van der Waals surface area (Å²) < 4.78 is 6.65. The van der Waals surface area contributed by atoms with Gasteiger partial charge in [0.25, 0.3) is 0 Å². The van der Waals surface area contributed by atoms with Crippen LogP contribution < -0.4 is 14.5 Å². The first-order valence-electron chi connectivity index (χ1n) is 14.3. The summed E-state index contributed by atoms with van der Waals surface area (Å²) in [5.41, 5.74) is 11.0. The van der Waals surface area contributed by atoms with Crippen molar-refractivity contribution in [2.75, 3.05) is 37.2 Å². The molecule has 0 bridgehead atoms. The molecule has 0 radical (unpaired) electrons. The Hall–Kier alpha value is -4.22. The van der Waals surface area contributed by atoms with Crippen molar-refractivity contribution in [2.45, 2.75) is 40.2 Å². The number of nitrogens with zero attached hydrogens (tertiary/aromatic N) is 4. The molecule has 0 aliphatic carbocycles. The summed E-state index contributed by atoms with van der Waals surface area (Å²) in [5, 5.41) is 0. The summed E-state index contributed by atoms with van der Waals surface area (Å²) in [6.45, 7) is 12.8. The maximum atomic E-state index is 6.65. The smallest absolute Gasteiger partial charge is 0.130 e. The standard InChI is InChI=1S/C36H40N4O/c1-25-17-26(2)35(27(3)18-25)28-19-30(40-24-38(7)36(4,5)33-13-8-9-14-34(33)40)22-32(20-28)41-31-12-10-11-29(21-31)39-16-15-37(6)23-39/h8-22H,23-24H2,1-7H3. The highest BCUT2D eigenvalue weighted by Crippen LogP contribution is 2.44. The SMILES string of the molecule is Cc1cc(C)c(-c2cc(Oc3cccc(N4C=CN(C)C4)c3)cc(N3CN(C)C(C)(C)c4ccccc43)c2)c(C)c1. The quantitative estimate of drug-likeness (QED) is 0.250. The van der Waals surface area contributed by atoms with E-state index < -0.39 is 0 Å². The first kappa shape index (κ1) is 27.0. The van der Waals surface area contributed by atoms with E-state index in [1.54, 1.807) is 0 Å². The van der Waals surface area contributed by atoms with E-state index in [-0.39, 0.29) is 5.54 Å². The van der Waals surface area contributed by atoms with Crippen LogP contribution in [0.2, 0.25) is 0 Å². The van der Waals surface area contributed by atoms with Crippen LogP contribution in [0.4, 0.5) is 17.1 Å². The molecular formula is C36H40N4O. The van der Waals surface area contributed by atoms with Crippen molar-refractivity contribution >= 4 is 17.1 Å². The first-order valence-corrected chi connectivity index (χ1v) is 14.3. The molecule has 0 aromatic heterocycles. The third-order valence-electron chi connectivity index (χ3n) is 8.59. The molecule has 4 aromatic carbocycles. The monoisotopic (exact) mass is 544 g/mol. The Morgan fingerprint density at radius 3 is 2.17 bits per heavy atom. The van der Waals surface area contributed by atoms with Crippen molar-refractivity contribution in [3.8, 4) is 22.6 Å². The van der Waals surface area contributed by atoms with Crippen LogP contribution >= 0.6 is 0 Å². The Labute approximate surface area is 244 Å². The summed E-state index contributed by atoms with van der Waals surface area (Å²) in [4.78, 5) is 9.20. The average molecular weight is 545 g/mol. The number of ether oxygens (including phenoxy) is 1. The number of anilines is 3. The van der Waals surface area contributed by atoms with E-state index in [1.165, 1.54) is 33.5 Å². The number of aryl methyl sites for hydroxylation is 3. The second-order valence-electron chi connectivity index (χ2n) is 12.1. The molecule has 5 nitrogen and oxygen atoms in total. The highest BCUT2D eigenvalue weighted by molar-refractivity contribution is 5.79. The van der Waals surface area contributed by atoms with E-state index in [0.29, 0.717) is 0 Å². The fraction of sp³-hybridized carbons (Fsp3) is 0.278. The van der Waals surface area contributed by atoms with Crippen molar-refractivity contribution in [1.82, 2.24) is 9.80 Å². The second-order valence-corrected chi connectivity index (χ2v) is 12.1. The van der Waals surface area contributed by atoms with E-state index in [4.69, 9.17) is 4.74 Å². The van der Waals surface area contributed by atoms with Crippen LogP contribution in [0.15, 0.2) is 91.3 Å². The number of fused-ring (bicyclic) bond motifs is 1. The van der Waals surface area contributed by atoms with Crippen molar-refractivity contribution in [3.05, 3.63) is 114 Å². The average Bonchev–Trinajstić information content (AvgIpc) is 3.37. The van der Waals surface area contributed by atoms with E-state index in [0.717, 1.165) is 41.8 Å². The number of hydrogen-bond donors (Lipinski definition) is 0. The van der Waals surface area contributed by atoms with Crippen LogP contribution in [0.25, 0.3) is 11.1 Å². The van der Waals surface area contributed by atoms with Gasteiger partial charge in [0.1, 0.15) is 11.5 Å². The maximum Gasteiger partial charge on any atom is 0.130 e. The van der Waals surface area contributed by atoms with Gasteiger partial charge in [0, 0.05) is 54.2 Å². The largest absolute Gasteiger partial charge is 0.457 e. The molecule has 0 atom stereocenters.